The van der Waals surface area contributed by atoms with E-state index >= 15 is 0 Å². The van der Waals surface area contributed by atoms with E-state index in [2.05, 4.69) is 4.90 Å². The molecule has 1 aromatic heterocycles. The minimum atomic E-state index is -0.0608. The van der Waals surface area contributed by atoms with Crippen LogP contribution in [0.1, 0.15) is 25.0 Å². The molecule has 138 valence electrons. The van der Waals surface area contributed by atoms with Gasteiger partial charge in [0.15, 0.2) is 0 Å². The van der Waals surface area contributed by atoms with E-state index in [1.54, 1.807) is 10.6 Å². The number of carbonyl (C=O) groups excluding carboxylic acids is 1. The van der Waals surface area contributed by atoms with Crippen molar-refractivity contribution in [3.8, 4) is 0 Å². The predicted molar refractivity (Wildman–Crippen MR) is 96.4 cm³/mol. The van der Waals surface area contributed by atoms with E-state index in [1.807, 2.05) is 17.9 Å². The Morgan fingerprint density at radius 3 is 2.60 bits per heavy atom. The van der Waals surface area contributed by atoms with Crippen molar-refractivity contribution in [2.45, 2.75) is 32.7 Å². The van der Waals surface area contributed by atoms with Crippen molar-refractivity contribution in [2.24, 2.45) is 11.8 Å². The fourth-order valence-corrected chi connectivity index (χ4v) is 4.13. The monoisotopic (exact) mass is 347 g/mol. The molecule has 0 unspecified atom stereocenters. The lowest BCUT2D eigenvalue weighted by Crippen LogP contribution is -2.33. The minimum Gasteiger partial charge on any atom is -0.396 e. The molecule has 6 nitrogen and oxygen atoms in total. The molecule has 0 radical (unpaired) electrons. The number of hydrogen-bond acceptors (Lipinski definition) is 4. The highest BCUT2D eigenvalue weighted by Gasteiger charge is 2.35. The zero-order valence-corrected chi connectivity index (χ0v) is 15.1. The van der Waals surface area contributed by atoms with Gasteiger partial charge >= 0.3 is 0 Å². The largest absolute Gasteiger partial charge is 0.396 e. The van der Waals surface area contributed by atoms with Crippen LogP contribution in [0.5, 0.6) is 0 Å². The highest BCUT2D eigenvalue weighted by molar-refractivity contribution is 5.76. The molecule has 1 amide bonds. The third-order valence-corrected chi connectivity index (χ3v) is 5.67. The third kappa shape index (κ3) is 4.30. The van der Waals surface area contributed by atoms with E-state index in [0.29, 0.717) is 25.4 Å². The molecular weight excluding hydrogens is 318 g/mol. The summed E-state index contributed by atoms with van der Waals surface area (Å²) in [6.45, 7) is 7.06. The molecule has 0 aromatic carbocycles. The van der Waals surface area contributed by atoms with Gasteiger partial charge in [-0.25, -0.2) is 0 Å². The molecule has 0 bridgehead atoms. The van der Waals surface area contributed by atoms with Gasteiger partial charge in [0.05, 0.1) is 0 Å². The SMILES string of the molecule is Cc1cccc(=O)n1CCC(=O)N1C[C@@H](CN2CCCC2)[C@@H](CO)C1. The topological polar surface area (TPSA) is 65.8 Å². The van der Waals surface area contributed by atoms with Crippen molar-refractivity contribution in [2.75, 3.05) is 39.3 Å². The first-order chi connectivity index (χ1) is 12.1. The van der Waals surface area contributed by atoms with E-state index in [1.165, 1.54) is 18.9 Å². The number of rotatable bonds is 6. The molecule has 2 atom stereocenters. The molecule has 3 heterocycles. The first-order valence-corrected chi connectivity index (χ1v) is 9.36. The molecule has 0 saturated carbocycles. The van der Waals surface area contributed by atoms with Crippen LogP contribution in [-0.2, 0) is 11.3 Å². The highest BCUT2D eigenvalue weighted by Crippen LogP contribution is 2.26. The smallest absolute Gasteiger partial charge is 0.250 e. The molecule has 2 saturated heterocycles. The molecule has 2 fully saturated rings. The number of aliphatic hydroxyl groups excluding tert-OH is 1. The summed E-state index contributed by atoms with van der Waals surface area (Å²) >= 11 is 0. The molecule has 6 heteroatoms. The molecule has 3 rings (SSSR count). The second-order valence-corrected chi connectivity index (χ2v) is 7.42. The van der Waals surface area contributed by atoms with Gasteiger partial charge in [0.2, 0.25) is 5.91 Å². The van der Waals surface area contributed by atoms with Crippen molar-refractivity contribution in [1.29, 1.82) is 0 Å². The van der Waals surface area contributed by atoms with Crippen LogP contribution >= 0.6 is 0 Å². The maximum absolute atomic E-state index is 12.6. The zero-order valence-electron chi connectivity index (χ0n) is 15.1. The molecule has 1 N–H and O–H groups in total. The minimum absolute atomic E-state index is 0.0608. The lowest BCUT2D eigenvalue weighted by Gasteiger charge is -2.23. The van der Waals surface area contributed by atoms with Crippen LogP contribution in [-0.4, -0.2) is 64.7 Å². The summed E-state index contributed by atoms with van der Waals surface area (Å²) in [5.74, 6) is 0.608. The van der Waals surface area contributed by atoms with E-state index in [9.17, 15) is 14.7 Å². The number of amides is 1. The van der Waals surface area contributed by atoms with Gasteiger partial charge in [0, 0.05) is 56.9 Å². The number of nitrogens with zero attached hydrogens (tertiary/aromatic N) is 3. The fraction of sp³-hybridized carbons (Fsp3) is 0.684. The fourth-order valence-electron chi connectivity index (χ4n) is 4.13. The molecule has 2 aliphatic heterocycles. The van der Waals surface area contributed by atoms with E-state index < -0.39 is 0 Å². The number of likely N-dealkylation sites (tertiary alicyclic amines) is 2. The number of aromatic nitrogens is 1. The van der Waals surface area contributed by atoms with Crippen molar-refractivity contribution in [3.05, 3.63) is 34.2 Å². The molecule has 0 aliphatic carbocycles. The highest BCUT2D eigenvalue weighted by atomic mass is 16.3. The molecule has 25 heavy (non-hydrogen) atoms. The molecule has 1 aromatic rings. The van der Waals surface area contributed by atoms with Gasteiger partial charge in [0.25, 0.3) is 5.56 Å². The maximum Gasteiger partial charge on any atom is 0.250 e. The van der Waals surface area contributed by atoms with Crippen molar-refractivity contribution < 1.29 is 9.90 Å². The first-order valence-electron chi connectivity index (χ1n) is 9.36. The summed E-state index contributed by atoms with van der Waals surface area (Å²) in [5, 5.41) is 9.69. The van der Waals surface area contributed by atoms with E-state index in [0.717, 1.165) is 31.9 Å². The maximum atomic E-state index is 12.6. The van der Waals surface area contributed by atoms with E-state index in [4.69, 9.17) is 0 Å². The Labute approximate surface area is 149 Å². The van der Waals surface area contributed by atoms with Crippen molar-refractivity contribution >= 4 is 5.91 Å². The van der Waals surface area contributed by atoms with Crippen LogP contribution in [0, 0.1) is 18.8 Å². The summed E-state index contributed by atoms with van der Waals surface area (Å²) in [6.07, 6.45) is 2.84. The second kappa shape index (κ2) is 8.15. The first kappa shape index (κ1) is 18.1. The molecular formula is C19H29N3O3. The van der Waals surface area contributed by atoms with Gasteiger partial charge in [-0.15, -0.1) is 0 Å². The quantitative estimate of drug-likeness (QED) is 0.823. The normalized spacial score (nSPS) is 24.2. The van der Waals surface area contributed by atoms with Crippen LogP contribution in [0.4, 0.5) is 0 Å². The van der Waals surface area contributed by atoms with E-state index in [-0.39, 0.29) is 24.0 Å². The predicted octanol–water partition coefficient (Wildman–Crippen LogP) is 0.710. The number of carbonyl (C=O) groups is 1. The van der Waals surface area contributed by atoms with Gasteiger partial charge in [-0.05, 0) is 44.8 Å². The Balaban J connectivity index is 1.56. The number of hydrogen-bond donors (Lipinski definition) is 1. The lowest BCUT2D eigenvalue weighted by atomic mass is 9.96. The number of aryl methyl sites for hydroxylation is 1. The Morgan fingerprint density at radius 2 is 1.92 bits per heavy atom. The zero-order chi connectivity index (χ0) is 17.8. The third-order valence-electron chi connectivity index (χ3n) is 5.67. The van der Waals surface area contributed by atoms with Gasteiger partial charge in [-0.1, -0.05) is 6.07 Å². The summed E-state index contributed by atoms with van der Waals surface area (Å²) in [5.41, 5.74) is 0.816. The summed E-state index contributed by atoms with van der Waals surface area (Å²) < 4.78 is 1.65. The van der Waals surface area contributed by atoms with Crippen LogP contribution in [0.3, 0.4) is 0 Å². The van der Waals surface area contributed by atoms with Crippen molar-refractivity contribution in [1.82, 2.24) is 14.4 Å². The molecule has 0 spiro atoms. The van der Waals surface area contributed by atoms with Gasteiger partial charge in [-0.2, -0.15) is 0 Å². The van der Waals surface area contributed by atoms with Crippen LogP contribution in [0.2, 0.25) is 0 Å². The van der Waals surface area contributed by atoms with Gasteiger partial charge in [-0.3, -0.25) is 9.59 Å². The van der Waals surface area contributed by atoms with Crippen molar-refractivity contribution in [3.63, 3.8) is 0 Å². The van der Waals surface area contributed by atoms with Crippen LogP contribution in [0.25, 0.3) is 0 Å². The lowest BCUT2D eigenvalue weighted by molar-refractivity contribution is -0.130. The summed E-state index contributed by atoms with van der Waals surface area (Å²) in [6, 6.07) is 5.15. The number of aliphatic hydroxyl groups is 1. The summed E-state index contributed by atoms with van der Waals surface area (Å²) in [7, 11) is 0. The van der Waals surface area contributed by atoms with Gasteiger partial charge in [0.1, 0.15) is 0 Å². The number of pyridine rings is 1. The average molecular weight is 347 g/mol. The molecule has 2 aliphatic rings. The Hall–Kier alpha value is -1.66. The summed E-state index contributed by atoms with van der Waals surface area (Å²) in [4.78, 5) is 28.9. The van der Waals surface area contributed by atoms with Gasteiger partial charge < -0.3 is 19.5 Å². The Bertz CT molecular complexity index is 652. The average Bonchev–Trinajstić information content (AvgIpc) is 3.24. The Kier molecular flexibility index (Phi) is 5.91. The standard InChI is InChI=1S/C19H29N3O3/c1-15-5-4-6-19(25)22(15)10-7-18(24)21-12-16(17(13-21)14-23)11-20-8-2-3-9-20/h4-6,16-17,23H,2-3,7-14H2,1H3/t16-,17-/m1/s1. The Morgan fingerprint density at radius 1 is 1.20 bits per heavy atom. The second-order valence-electron chi connectivity index (χ2n) is 7.42. The van der Waals surface area contributed by atoms with Crippen LogP contribution < -0.4 is 5.56 Å². The van der Waals surface area contributed by atoms with Crippen LogP contribution in [0.15, 0.2) is 23.0 Å².